The van der Waals surface area contributed by atoms with Gasteiger partial charge in [0.25, 0.3) is 5.56 Å². The smallest absolute Gasteiger partial charge is 0.263 e. The maximum atomic E-state index is 12.9. The molecule has 0 radical (unpaired) electrons. The third-order valence-electron chi connectivity index (χ3n) is 4.65. The number of carbonyl (C=O) groups is 1. The number of aryl methyl sites for hydroxylation is 2. The van der Waals surface area contributed by atoms with Crippen molar-refractivity contribution in [2.45, 2.75) is 45.4 Å². The number of hydrogen-bond acceptors (Lipinski definition) is 5. The molecule has 148 valence electrons. The zero-order chi connectivity index (χ0) is 20.4. The van der Waals surface area contributed by atoms with Crippen molar-refractivity contribution in [1.29, 1.82) is 0 Å². The molecule has 1 aromatic carbocycles. The van der Waals surface area contributed by atoms with Gasteiger partial charge in [-0.25, -0.2) is 4.98 Å². The van der Waals surface area contributed by atoms with Crippen LogP contribution in [0.4, 0.5) is 0 Å². The van der Waals surface area contributed by atoms with Crippen molar-refractivity contribution in [3.8, 4) is 0 Å². The SMILES string of the molecule is CCn1c(SCC(=O)NC(C)c2ccccc2Cl)nc2sc(C)c(C)c2c1=O. The molecule has 1 N–H and O–H groups in total. The predicted octanol–water partition coefficient (Wildman–Crippen LogP) is 4.72. The van der Waals surface area contributed by atoms with Crippen LogP contribution >= 0.6 is 34.7 Å². The fourth-order valence-corrected chi connectivity index (χ4v) is 5.26. The van der Waals surface area contributed by atoms with Crippen LogP contribution in [0, 0.1) is 13.8 Å². The van der Waals surface area contributed by atoms with E-state index in [0.29, 0.717) is 22.1 Å². The Morgan fingerprint density at radius 3 is 2.75 bits per heavy atom. The number of amides is 1. The molecular weight excluding hydrogens is 414 g/mol. The molecule has 2 aromatic heterocycles. The monoisotopic (exact) mass is 435 g/mol. The van der Waals surface area contributed by atoms with Gasteiger partial charge in [-0.1, -0.05) is 41.6 Å². The number of carbonyl (C=O) groups excluding carboxylic acids is 1. The number of benzene rings is 1. The Morgan fingerprint density at radius 1 is 1.36 bits per heavy atom. The van der Waals surface area contributed by atoms with Crippen molar-refractivity contribution >= 4 is 50.8 Å². The summed E-state index contributed by atoms with van der Waals surface area (Å²) in [6.07, 6.45) is 0. The van der Waals surface area contributed by atoms with E-state index in [1.54, 1.807) is 10.6 Å². The fourth-order valence-electron chi connectivity index (χ4n) is 3.01. The van der Waals surface area contributed by atoms with Gasteiger partial charge < -0.3 is 5.32 Å². The average Bonchev–Trinajstić information content (AvgIpc) is 2.94. The molecule has 0 spiro atoms. The Hall–Kier alpha value is -1.83. The number of aromatic nitrogens is 2. The van der Waals surface area contributed by atoms with Crippen molar-refractivity contribution in [1.82, 2.24) is 14.9 Å². The molecular formula is C20H22ClN3O2S2. The molecule has 0 fully saturated rings. The third kappa shape index (κ3) is 4.11. The maximum absolute atomic E-state index is 12.9. The number of rotatable bonds is 6. The zero-order valence-corrected chi connectivity index (χ0v) is 18.6. The highest BCUT2D eigenvalue weighted by atomic mass is 35.5. The Kier molecular flexibility index (Phi) is 6.47. The Morgan fingerprint density at radius 2 is 2.07 bits per heavy atom. The van der Waals surface area contributed by atoms with Crippen molar-refractivity contribution in [2.75, 3.05) is 5.75 Å². The first-order valence-electron chi connectivity index (χ1n) is 9.00. The number of fused-ring (bicyclic) bond motifs is 1. The van der Waals surface area contributed by atoms with Crippen LogP contribution in [0.1, 0.15) is 35.9 Å². The first-order chi connectivity index (χ1) is 13.3. The van der Waals surface area contributed by atoms with Crippen molar-refractivity contribution in [3.63, 3.8) is 0 Å². The third-order valence-corrected chi connectivity index (χ3v) is 7.07. The molecule has 1 atom stereocenters. The van der Waals surface area contributed by atoms with Gasteiger partial charge in [0.15, 0.2) is 5.16 Å². The van der Waals surface area contributed by atoms with E-state index < -0.39 is 0 Å². The molecule has 8 heteroatoms. The molecule has 3 aromatic rings. The number of nitrogens with one attached hydrogen (secondary N) is 1. The predicted molar refractivity (Wildman–Crippen MR) is 118 cm³/mol. The van der Waals surface area contributed by atoms with Gasteiger partial charge in [-0.3, -0.25) is 14.2 Å². The van der Waals surface area contributed by atoms with Crippen molar-refractivity contribution in [2.24, 2.45) is 0 Å². The highest BCUT2D eigenvalue weighted by molar-refractivity contribution is 7.99. The van der Waals surface area contributed by atoms with Gasteiger partial charge in [0, 0.05) is 16.4 Å². The second-order valence-corrected chi connectivity index (χ2v) is 9.06. The van der Waals surface area contributed by atoms with E-state index in [1.807, 2.05) is 45.9 Å². The molecule has 0 saturated heterocycles. The second kappa shape index (κ2) is 8.68. The van der Waals surface area contributed by atoms with Gasteiger partial charge in [0.2, 0.25) is 5.91 Å². The molecule has 28 heavy (non-hydrogen) atoms. The molecule has 0 aliphatic heterocycles. The zero-order valence-electron chi connectivity index (χ0n) is 16.2. The minimum atomic E-state index is -0.201. The van der Waals surface area contributed by atoms with Crippen LogP contribution in [-0.4, -0.2) is 21.2 Å². The van der Waals surface area contributed by atoms with Crippen LogP contribution in [-0.2, 0) is 11.3 Å². The van der Waals surface area contributed by atoms with Crippen molar-refractivity contribution in [3.05, 3.63) is 55.6 Å². The van der Waals surface area contributed by atoms with Crippen LogP contribution in [0.3, 0.4) is 0 Å². The van der Waals surface area contributed by atoms with Crippen LogP contribution < -0.4 is 10.9 Å². The lowest BCUT2D eigenvalue weighted by Gasteiger charge is -2.16. The summed E-state index contributed by atoms with van der Waals surface area (Å²) >= 11 is 9.00. The fraction of sp³-hybridized carbons (Fsp3) is 0.350. The summed E-state index contributed by atoms with van der Waals surface area (Å²) in [7, 11) is 0. The van der Waals surface area contributed by atoms with Crippen LogP contribution in [0.5, 0.6) is 0 Å². The first-order valence-corrected chi connectivity index (χ1v) is 11.2. The summed E-state index contributed by atoms with van der Waals surface area (Å²) in [5.74, 6) is 0.0451. The normalized spacial score (nSPS) is 12.3. The van der Waals surface area contributed by atoms with Gasteiger partial charge >= 0.3 is 0 Å². The largest absolute Gasteiger partial charge is 0.349 e. The van der Waals surface area contributed by atoms with E-state index in [2.05, 4.69) is 10.3 Å². The van der Waals surface area contributed by atoms with Crippen LogP contribution in [0.25, 0.3) is 10.2 Å². The van der Waals surface area contributed by atoms with E-state index in [4.69, 9.17) is 11.6 Å². The molecule has 0 aliphatic carbocycles. The molecule has 1 unspecified atom stereocenters. The lowest BCUT2D eigenvalue weighted by Crippen LogP contribution is -2.29. The lowest BCUT2D eigenvalue weighted by molar-refractivity contribution is -0.119. The van der Waals surface area contributed by atoms with E-state index in [9.17, 15) is 9.59 Å². The molecule has 0 saturated carbocycles. The van der Waals surface area contributed by atoms with E-state index >= 15 is 0 Å². The number of halogens is 1. The quantitative estimate of drug-likeness (QED) is 0.449. The minimum Gasteiger partial charge on any atom is -0.349 e. The topological polar surface area (TPSA) is 64.0 Å². The van der Waals surface area contributed by atoms with Crippen LogP contribution in [0.2, 0.25) is 5.02 Å². The summed E-state index contributed by atoms with van der Waals surface area (Å²) in [6.45, 7) is 8.26. The van der Waals surface area contributed by atoms with Gasteiger partial charge in [-0.05, 0) is 44.9 Å². The Bertz CT molecular complexity index is 1090. The van der Waals surface area contributed by atoms with Gasteiger partial charge in [0.1, 0.15) is 4.83 Å². The number of nitrogens with zero attached hydrogens (tertiary/aromatic N) is 2. The number of hydrogen-bond donors (Lipinski definition) is 1. The van der Waals surface area contributed by atoms with Gasteiger partial charge in [-0.2, -0.15) is 0 Å². The first kappa shape index (κ1) is 20.9. The number of thioether (sulfide) groups is 1. The molecule has 3 rings (SSSR count). The highest BCUT2D eigenvalue weighted by Gasteiger charge is 2.18. The Balaban J connectivity index is 1.77. The molecule has 1 amide bonds. The Labute approximate surface area is 177 Å². The summed E-state index contributed by atoms with van der Waals surface area (Å²) in [5, 5.41) is 4.83. The van der Waals surface area contributed by atoms with Gasteiger partial charge in [0.05, 0.1) is 17.2 Å². The van der Waals surface area contributed by atoms with E-state index in [1.165, 1.54) is 23.1 Å². The molecule has 5 nitrogen and oxygen atoms in total. The summed E-state index contributed by atoms with van der Waals surface area (Å²) in [6, 6.07) is 7.25. The van der Waals surface area contributed by atoms with Crippen LogP contribution in [0.15, 0.2) is 34.2 Å². The molecule has 0 aliphatic rings. The highest BCUT2D eigenvalue weighted by Crippen LogP contribution is 2.28. The average molecular weight is 436 g/mol. The van der Waals surface area contributed by atoms with E-state index in [0.717, 1.165) is 20.8 Å². The maximum Gasteiger partial charge on any atom is 0.263 e. The van der Waals surface area contributed by atoms with E-state index in [-0.39, 0.29) is 23.3 Å². The minimum absolute atomic E-state index is 0.0401. The summed E-state index contributed by atoms with van der Waals surface area (Å²) in [4.78, 5) is 31.8. The standard InChI is InChI=1S/C20H22ClN3O2S2/c1-5-24-19(26)17-11(2)13(4)28-18(17)23-20(24)27-10-16(25)22-12(3)14-8-6-7-9-15(14)21/h6-9,12H,5,10H2,1-4H3,(H,22,25). The molecule has 2 heterocycles. The number of thiophene rings is 1. The summed E-state index contributed by atoms with van der Waals surface area (Å²) < 4.78 is 1.64. The van der Waals surface area contributed by atoms with Crippen molar-refractivity contribution < 1.29 is 4.79 Å². The second-order valence-electron chi connectivity index (χ2n) is 6.51. The lowest BCUT2D eigenvalue weighted by atomic mass is 10.1. The summed E-state index contributed by atoms with van der Waals surface area (Å²) in [5.41, 5.74) is 1.82. The molecule has 0 bridgehead atoms. The van der Waals surface area contributed by atoms with Gasteiger partial charge in [-0.15, -0.1) is 11.3 Å².